The fourth-order valence-corrected chi connectivity index (χ4v) is 3.40. The van der Waals surface area contributed by atoms with Gasteiger partial charge in [0.2, 0.25) is 0 Å². The fourth-order valence-electron chi connectivity index (χ4n) is 2.55. The number of ether oxygens (including phenoxy) is 3. The van der Waals surface area contributed by atoms with Crippen LogP contribution in [-0.2, 0) is 22.6 Å². The van der Waals surface area contributed by atoms with Crippen molar-refractivity contribution in [3.63, 3.8) is 0 Å². The minimum Gasteiger partial charge on any atom is -0.491 e. The van der Waals surface area contributed by atoms with E-state index in [4.69, 9.17) is 14.2 Å². The second kappa shape index (κ2) is 13.7. The third-order valence-corrected chi connectivity index (χ3v) is 5.20. The summed E-state index contributed by atoms with van der Waals surface area (Å²) >= 11 is 1.62. The van der Waals surface area contributed by atoms with Crippen LogP contribution in [0.25, 0.3) is 0 Å². The molecule has 0 spiro atoms. The van der Waals surface area contributed by atoms with Gasteiger partial charge >= 0.3 is 0 Å². The summed E-state index contributed by atoms with van der Waals surface area (Å²) in [6.45, 7) is 4.44. The number of rotatable bonds is 10. The summed E-state index contributed by atoms with van der Waals surface area (Å²) in [7, 11) is 7.14. The summed E-state index contributed by atoms with van der Waals surface area (Å²) in [6.07, 6.45) is 0.0138. The van der Waals surface area contributed by atoms with Gasteiger partial charge in [-0.15, -0.1) is 35.3 Å². The SMILES string of the molecule is CN=C(NCc1cccc(OCCOC)c1)N(C)Cc1csc(C(C)OC)n1.I. The third kappa shape index (κ3) is 8.45. The number of guanidine groups is 1. The molecule has 9 heteroatoms. The Labute approximate surface area is 194 Å². The van der Waals surface area contributed by atoms with Crippen molar-refractivity contribution >= 4 is 41.3 Å². The number of thiazole rings is 1. The van der Waals surface area contributed by atoms with Crippen LogP contribution in [0.5, 0.6) is 5.75 Å². The van der Waals surface area contributed by atoms with Gasteiger partial charge in [0.25, 0.3) is 0 Å². The monoisotopic (exact) mass is 534 g/mol. The Kier molecular flexibility index (Phi) is 12.1. The first-order chi connectivity index (χ1) is 13.6. The molecular formula is C20H31IN4O3S. The van der Waals surface area contributed by atoms with Crippen molar-refractivity contribution in [3.05, 3.63) is 45.9 Å². The number of methoxy groups -OCH3 is 2. The zero-order valence-corrected chi connectivity index (χ0v) is 20.8. The van der Waals surface area contributed by atoms with Crippen LogP contribution >= 0.6 is 35.3 Å². The number of halogens is 1. The van der Waals surface area contributed by atoms with Crippen molar-refractivity contribution in [1.82, 2.24) is 15.2 Å². The largest absolute Gasteiger partial charge is 0.491 e. The Morgan fingerprint density at radius 1 is 1.31 bits per heavy atom. The van der Waals surface area contributed by atoms with Crippen LogP contribution in [0.1, 0.15) is 29.3 Å². The molecule has 1 aromatic carbocycles. The Bertz CT molecular complexity index is 757. The molecule has 0 aliphatic carbocycles. The summed E-state index contributed by atoms with van der Waals surface area (Å²) in [4.78, 5) is 11.1. The first kappa shape index (κ1) is 25.6. The summed E-state index contributed by atoms with van der Waals surface area (Å²) in [5, 5.41) is 6.44. The van der Waals surface area contributed by atoms with Gasteiger partial charge in [-0.25, -0.2) is 4.98 Å². The average molecular weight is 534 g/mol. The van der Waals surface area contributed by atoms with Gasteiger partial charge in [-0.3, -0.25) is 4.99 Å². The van der Waals surface area contributed by atoms with Crippen LogP contribution in [0, 0.1) is 0 Å². The molecule has 2 rings (SSSR count). The lowest BCUT2D eigenvalue weighted by Crippen LogP contribution is -2.38. The summed E-state index contributed by atoms with van der Waals surface area (Å²) in [5.41, 5.74) is 2.12. The number of hydrogen-bond acceptors (Lipinski definition) is 6. The van der Waals surface area contributed by atoms with Crippen molar-refractivity contribution in [2.75, 3.05) is 41.5 Å². The zero-order chi connectivity index (χ0) is 20.4. The second-order valence-corrected chi connectivity index (χ2v) is 7.19. The third-order valence-electron chi connectivity index (χ3n) is 4.15. The van der Waals surface area contributed by atoms with Crippen LogP contribution < -0.4 is 10.1 Å². The van der Waals surface area contributed by atoms with E-state index >= 15 is 0 Å². The molecule has 1 heterocycles. The topological polar surface area (TPSA) is 68.2 Å². The smallest absolute Gasteiger partial charge is 0.194 e. The number of hydrogen-bond donors (Lipinski definition) is 1. The van der Waals surface area contributed by atoms with Crippen LogP contribution in [0.2, 0.25) is 0 Å². The molecule has 7 nitrogen and oxygen atoms in total. The lowest BCUT2D eigenvalue weighted by atomic mass is 10.2. The maximum atomic E-state index is 5.67. The highest BCUT2D eigenvalue weighted by atomic mass is 127. The molecule has 1 aromatic heterocycles. The lowest BCUT2D eigenvalue weighted by molar-refractivity contribution is 0.119. The molecule has 1 unspecified atom stereocenters. The molecule has 0 fully saturated rings. The van der Waals surface area contributed by atoms with Crippen molar-refractivity contribution in [1.29, 1.82) is 0 Å². The van der Waals surface area contributed by atoms with Gasteiger partial charge in [0.1, 0.15) is 23.5 Å². The van der Waals surface area contributed by atoms with Gasteiger partial charge in [-0.1, -0.05) is 12.1 Å². The van der Waals surface area contributed by atoms with Crippen molar-refractivity contribution < 1.29 is 14.2 Å². The van der Waals surface area contributed by atoms with Crippen LogP contribution in [0.4, 0.5) is 0 Å². The predicted octanol–water partition coefficient (Wildman–Crippen LogP) is 3.70. The highest BCUT2D eigenvalue weighted by Crippen LogP contribution is 2.21. The number of nitrogens with one attached hydrogen (secondary N) is 1. The van der Waals surface area contributed by atoms with E-state index < -0.39 is 0 Å². The molecule has 0 aliphatic rings. The molecule has 0 amide bonds. The van der Waals surface area contributed by atoms with Crippen LogP contribution in [-0.4, -0.2) is 57.4 Å². The quantitative estimate of drug-likeness (QED) is 0.217. The molecule has 0 bridgehead atoms. The Hall–Kier alpha value is -1.43. The zero-order valence-electron chi connectivity index (χ0n) is 17.7. The molecule has 0 saturated carbocycles. The molecule has 0 saturated heterocycles. The fraction of sp³-hybridized carbons (Fsp3) is 0.500. The van der Waals surface area contributed by atoms with Gasteiger partial charge in [0.15, 0.2) is 5.96 Å². The maximum Gasteiger partial charge on any atom is 0.194 e. The number of aliphatic imine (C=N–C) groups is 1. The predicted molar refractivity (Wildman–Crippen MR) is 128 cm³/mol. The highest BCUT2D eigenvalue weighted by molar-refractivity contribution is 14.0. The van der Waals surface area contributed by atoms with Gasteiger partial charge in [-0.05, 0) is 24.6 Å². The van der Waals surface area contributed by atoms with E-state index in [9.17, 15) is 0 Å². The minimum atomic E-state index is 0. The Balaban J connectivity index is 0.00000420. The molecule has 2 aromatic rings. The Morgan fingerprint density at radius 3 is 2.79 bits per heavy atom. The molecule has 0 aliphatic heterocycles. The number of nitrogens with zero attached hydrogens (tertiary/aromatic N) is 3. The molecule has 29 heavy (non-hydrogen) atoms. The molecular weight excluding hydrogens is 503 g/mol. The van der Waals surface area contributed by atoms with E-state index in [1.807, 2.05) is 32.2 Å². The minimum absolute atomic E-state index is 0. The van der Waals surface area contributed by atoms with E-state index in [2.05, 4.69) is 31.6 Å². The van der Waals surface area contributed by atoms with Crippen LogP contribution in [0.15, 0.2) is 34.6 Å². The summed E-state index contributed by atoms with van der Waals surface area (Å²) in [5.74, 6) is 1.64. The molecule has 162 valence electrons. The first-order valence-electron chi connectivity index (χ1n) is 9.17. The van der Waals surface area contributed by atoms with Crippen LogP contribution in [0.3, 0.4) is 0 Å². The van der Waals surface area contributed by atoms with E-state index in [0.29, 0.717) is 26.3 Å². The highest BCUT2D eigenvalue weighted by Gasteiger charge is 2.12. The van der Waals surface area contributed by atoms with E-state index in [1.54, 1.807) is 32.6 Å². The van der Waals surface area contributed by atoms with E-state index in [0.717, 1.165) is 28.0 Å². The van der Waals surface area contributed by atoms with Crippen molar-refractivity contribution in [3.8, 4) is 5.75 Å². The van der Waals surface area contributed by atoms with E-state index in [1.165, 1.54) is 0 Å². The standard InChI is InChI=1S/C20H30N4O3S.HI/c1-15(26-5)19-23-17(14-28-19)13-24(3)20(21-2)22-12-16-7-6-8-18(11-16)27-10-9-25-4;/h6-8,11,14-15H,9-10,12-13H2,1-5H3,(H,21,22);1H. The van der Waals surface area contributed by atoms with Gasteiger partial charge in [0, 0.05) is 40.2 Å². The maximum absolute atomic E-state index is 5.67. The number of benzene rings is 1. The van der Waals surface area contributed by atoms with Gasteiger partial charge in [0.05, 0.1) is 18.8 Å². The summed E-state index contributed by atoms with van der Waals surface area (Å²) in [6, 6.07) is 8.01. The first-order valence-corrected chi connectivity index (χ1v) is 10.0. The normalized spacial score (nSPS) is 12.2. The molecule has 0 radical (unpaired) electrons. The van der Waals surface area contributed by atoms with Crippen molar-refractivity contribution in [2.45, 2.75) is 26.1 Å². The molecule has 1 atom stereocenters. The van der Waals surface area contributed by atoms with Gasteiger partial charge in [-0.2, -0.15) is 0 Å². The van der Waals surface area contributed by atoms with Crippen molar-refractivity contribution in [2.24, 2.45) is 4.99 Å². The lowest BCUT2D eigenvalue weighted by Gasteiger charge is -2.21. The summed E-state index contributed by atoms with van der Waals surface area (Å²) < 4.78 is 16.0. The van der Waals surface area contributed by atoms with E-state index in [-0.39, 0.29) is 30.1 Å². The second-order valence-electron chi connectivity index (χ2n) is 6.30. The average Bonchev–Trinajstić information content (AvgIpc) is 3.17. The molecule has 1 N–H and O–H groups in total. The van der Waals surface area contributed by atoms with Gasteiger partial charge < -0.3 is 24.4 Å². The Morgan fingerprint density at radius 2 is 2.10 bits per heavy atom. The number of aromatic nitrogens is 1.